The van der Waals surface area contributed by atoms with Gasteiger partial charge >= 0.3 is 0 Å². The van der Waals surface area contributed by atoms with Gasteiger partial charge in [0.05, 0.1) is 7.11 Å². The van der Waals surface area contributed by atoms with Crippen LogP contribution in [0.5, 0.6) is 5.75 Å². The van der Waals surface area contributed by atoms with Crippen LogP contribution >= 0.6 is 0 Å². The Labute approximate surface area is 176 Å². The van der Waals surface area contributed by atoms with Crippen LogP contribution in [-0.2, 0) is 18.3 Å². The van der Waals surface area contributed by atoms with Gasteiger partial charge in [0.2, 0.25) is 0 Å². The Bertz CT molecular complexity index is 881. The number of methoxy groups -OCH3 is 1. The van der Waals surface area contributed by atoms with Gasteiger partial charge in [0.1, 0.15) is 5.75 Å². The van der Waals surface area contributed by atoms with Crippen molar-refractivity contribution in [3.8, 4) is 5.75 Å². The predicted octanol–water partition coefficient (Wildman–Crippen LogP) is 6.62. The van der Waals surface area contributed by atoms with E-state index in [1.807, 2.05) is 0 Å². The number of rotatable bonds is 6. The molecule has 0 saturated heterocycles. The summed E-state index contributed by atoms with van der Waals surface area (Å²) in [4.78, 5) is 13.1. The minimum Gasteiger partial charge on any atom is -0.496 e. The summed E-state index contributed by atoms with van der Waals surface area (Å²) < 4.78 is 5.64. The first-order valence-corrected chi connectivity index (χ1v) is 10.9. The Kier molecular flexibility index (Phi) is 6.22. The van der Waals surface area contributed by atoms with E-state index >= 15 is 0 Å². The summed E-state index contributed by atoms with van der Waals surface area (Å²) in [6, 6.07) is 11.0. The van der Waals surface area contributed by atoms with Gasteiger partial charge in [0, 0.05) is 17.0 Å². The molecular formula is C27H36O2. The van der Waals surface area contributed by atoms with Crippen LogP contribution in [0.15, 0.2) is 30.3 Å². The van der Waals surface area contributed by atoms with Crippen LogP contribution in [-0.4, -0.2) is 12.9 Å². The van der Waals surface area contributed by atoms with Gasteiger partial charge in [0.25, 0.3) is 0 Å². The second-order valence-electron chi connectivity index (χ2n) is 10.1. The van der Waals surface area contributed by atoms with Crippen molar-refractivity contribution in [1.29, 1.82) is 0 Å². The van der Waals surface area contributed by atoms with Crippen molar-refractivity contribution in [3.05, 3.63) is 63.7 Å². The Hall–Kier alpha value is -2.09. The third kappa shape index (κ3) is 4.91. The van der Waals surface area contributed by atoms with Crippen molar-refractivity contribution >= 4 is 5.78 Å². The Morgan fingerprint density at radius 1 is 1.07 bits per heavy atom. The lowest BCUT2D eigenvalue weighted by molar-refractivity contribution is 0.0919. The number of ether oxygens (including phenoxy) is 1. The highest BCUT2D eigenvalue weighted by atomic mass is 16.5. The average molecular weight is 393 g/mol. The van der Waals surface area contributed by atoms with Crippen LogP contribution in [0, 0.1) is 25.7 Å². The third-order valence-corrected chi connectivity index (χ3v) is 6.23. The van der Waals surface area contributed by atoms with Crippen LogP contribution in [0.2, 0.25) is 0 Å². The van der Waals surface area contributed by atoms with Crippen LogP contribution in [0.4, 0.5) is 0 Å². The monoisotopic (exact) mass is 392 g/mol. The Morgan fingerprint density at radius 3 is 2.31 bits per heavy atom. The Balaban J connectivity index is 1.68. The summed E-state index contributed by atoms with van der Waals surface area (Å²) in [5.41, 5.74) is 7.23. The van der Waals surface area contributed by atoms with Gasteiger partial charge in [-0.1, -0.05) is 57.0 Å². The molecule has 0 fully saturated rings. The largest absolute Gasteiger partial charge is 0.496 e. The van der Waals surface area contributed by atoms with Gasteiger partial charge < -0.3 is 4.74 Å². The van der Waals surface area contributed by atoms with E-state index in [2.05, 4.69) is 71.9 Å². The molecule has 1 aliphatic carbocycles. The average Bonchev–Trinajstić information content (AvgIpc) is 2.92. The summed E-state index contributed by atoms with van der Waals surface area (Å²) in [6.45, 7) is 13.1. The predicted molar refractivity (Wildman–Crippen MR) is 121 cm³/mol. The lowest BCUT2D eigenvalue weighted by Crippen LogP contribution is -2.15. The second-order valence-corrected chi connectivity index (χ2v) is 10.1. The lowest BCUT2D eigenvalue weighted by atomic mass is 9.84. The standard InChI is InChI=1S/C27H36O2/c1-17(8-9-20-11-18(2)10-19(3)12-20)13-22-14-21-15-25(29-7)24(27(4,5)6)16-23(21)26(22)28/h10-12,15-17,22H,8-9,13-14H2,1-7H3. The first kappa shape index (κ1) is 21.6. The fraction of sp³-hybridized carbons (Fsp3) is 0.519. The summed E-state index contributed by atoms with van der Waals surface area (Å²) in [5, 5.41) is 0. The minimum absolute atomic E-state index is 0.0437. The number of Topliss-reactive ketones (excluding diaryl/α,β-unsaturated/α-hetero) is 1. The minimum atomic E-state index is -0.0437. The van der Waals surface area contributed by atoms with Crippen molar-refractivity contribution in [2.75, 3.05) is 7.11 Å². The number of benzene rings is 2. The number of hydrogen-bond acceptors (Lipinski definition) is 2. The van der Waals surface area contributed by atoms with Crippen molar-refractivity contribution in [2.24, 2.45) is 11.8 Å². The highest BCUT2D eigenvalue weighted by Gasteiger charge is 2.34. The summed E-state index contributed by atoms with van der Waals surface area (Å²) in [7, 11) is 1.72. The van der Waals surface area contributed by atoms with E-state index in [0.29, 0.717) is 11.7 Å². The molecule has 2 atom stereocenters. The van der Waals surface area contributed by atoms with E-state index in [0.717, 1.165) is 48.1 Å². The molecule has 3 rings (SSSR count). The lowest BCUT2D eigenvalue weighted by Gasteiger charge is -2.23. The zero-order chi connectivity index (χ0) is 21.3. The van der Waals surface area contributed by atoms with Crippen LogP contribution in [0.1, 0.15) is 78.7 Å². The van der Waals surface area contributed by atoms with E-state index < -0.39 is 0 Å². The van der Waals surface area contributed by atoms with Crippen LogP contribution in [0.25, 0.3) is 0 Å². The molecule has 1 aliphatic rings. The number of hydrogen-bond donors (Lipinski definition) is 0. The van der Waals surface area contributed by atoms with Crippen molar-refractivity contribution in [2.45, 2.75) is 72.6 Å². The van der Waals surface area contributed by atoms with E-state index in [1.54, 1.807) is 7.11 Å². The quantitative estimate of drug-likeness (QED) is 0.552. The molecule has 0 bridgehead atoms. The van der Waals surface area contributed by atoms with Crippen molar-refractivity contribution in [3.63, 3.8) is 0 Å². The van der Waals surface area contributed by atoms with Crippen molar-refractivity contribution < 1.29 is 9.53 Å². The molecule has 29 heavy (non-hydrogen) atoms. The number of carbonyl (C=O) groups excluding carboxylic acids is 1. The third-order valence-electron chi connectivity index (χ3n) is 6.23. The van der Waals surface area contributed by atoms with Crippen LogP contribution < -0.4 is 4.74 Å². The maximum absolute atomic E-state index is 13.1. The highest BCUT2D eigenvalue weighted by Crippen LogP contribution is 2.39. The van der Waals surface area contributed by atoms with Gasteiger partial charge in [-0.3, -0.25) is 4.79 Å². The number of ketones is 1. The van der Waals surface area contributed by atoms with Gasteiger partial charge in [-0.05, 0) is 74.1 Å². The normalized spacial score (nSPS) is 17.3. The molecule has 0 heterocycles. The topological polar surface area (TPSA) is 26.3 Å². The molecule has 2 aromatic rings. The first-order chi connectivity index (χ1) is 13.6. The molecule has 0 saturated carbocycles. The zero-order valence-corrected chi connectivity index (χ0v) is 19.2. The smallest absolute Gasteiger partial charge is 0.166 e. The summed E-state index contributed by atoms with van der Waals surface area (Å²) in [6.07, 6.45) is 4.02. The summed E-state index contributed by atoms with van der Waals surface area (Å²) >= 11 is 0. The molecule has 0 radical (unpaired) electrons. The van der Waals surface area contributed by atoms with E-state index in [4.69, 9.17) is 4.74 Å². The highest BCUT2D eigenvalue weighted by molar-refractivity contribution is 6.02. The molecule has 0 aliphatic heterocycles. The molecular weight excluding hydrogens is 356 g/mol. The fourth-order valence-corrected chi connectivity index (χ4v) is 4.77. The van der Waals surface area contributed by atoms with Crippen molar-refractivity contribution in [1.82, 2.24) is 0 Å². The molecule has 0 aromatic heterocycles. The Morgan fingerprint density at radius 2 is 1.72 bits per heavy atom. The molecule has 0 N–H and O–H groups in total. The number of carbonyl (C=O) groups is 1. The summed E-state index contributed by atoms with van der Waals surface area (Å²) in [5.74, 6) is 1.88. The zero-order valence-electron chi connectivity index (χ0n) is 19.2. The number of aryl methyl sites for hydroxylation is 3. The molecule has 0 spiro atoms. The first-order valence-electron chi connectivity index (χ1n) is 10.9. The van der Waals surface area contributed by atoms with Gasteiger partial charge in [-0.15, -0.1) is 0 Å². The van der Waals surface area contributed by atoms with Gasteiger partial charge in [0.15, 0.2) is 5.78 Å². The molecule has 0 amide bonds. The number of fused-ring (bicyclic) bond motifs is 1. The SMILES string of the molecule is COc1cc2c(cc1C(C)(C)C)C(=O)C(CC(C)CCc1cc(C)cc(C)c1)C2. The maximum Gasteiger partial charge on any atom is 0.166 e. The van der Waals surface area contributed by atoms with Gasteiger partial charge in [-0.25, -0.2) is 0 Å². The molecule has 156 valence electrons. The van der Waals surface area contributed by atoms with Crippen LogP contribution in [0.3, 0.4) is 0 Å². The fourth-order valence-electron chi connectivity index (χ4n) is 4.77. The maximum atomic E-state index is 13.1. The molecule has 2 heteroatoms. The second kappa shape index (κ2) is 8.34. The van der Waals surface area contributed by atoms with Gasteiger partial charge in [-0.2, -0.15) is 0 Å². The van der Waals surface area contributed by atoms with E-state index in [1.165, 1.54) is 16.7 Å². The molecule has 2 unspecified atom stereocenters. The molecule has 2 nitrogen and oxygen atoms in total. The van der Waals surface area contributed by atoms with E-state index in [-0.39, 0.29) is 11.3 Å². The van der Waals surface area contributed by atoms with E-state index in [9.17, 15) is 4.79 Å². The molecule has 2 aromatic carbocycles.